The first kappa shape index (κ1) is 17.0. The lowest BCUT2D eigenvalue weighted by Gasteiger charge is -2.16. The quantitative estimate of drug-likeness (QED) is 0.814. The number of carbonyl (C=O) groups is 1. The van der Waals surface area contributed by atoms with Gasteiger partial charge < -0.3 is 10.1 Å². The largest absolute Gasteiger partial charge is 0.497 e. The molecule has 0 radical (unpaired) electrons. The van der Waals surface area contributed by atoms with Gasteiger partial charge in [0.2, 0.25) is 5.91 Å². The van der Waals surface area contributed by atoms with Crippen LogP contribution >= 0.6 is 0 Å². The van der Waals surface area contributed by atoms with Crippen LogP contribution in [0.2, 0.25) is 0 Å². The van der Waals surface area contributed by atoms with Crippen molar-refractivity contribution >= 4 is 11.6 Å². The van der Waals surface area contributed by atoms with Crippen molar-refractivity contribution in [2.45, 2.75) is 12.8 Å². The maximum absolute atomic E-state index is 12.0. The van der Waals surface area contributed by atoms with E-state index in [4.69, 9.17) is 4.74 Å². The third-order valence-corrected chi connectivity index (χ3v) is 3.64. The van der Waals surface area contributed by atoms with E-state index >= 15 is 0 Å². The molecule has 0 saturated carbocycles. The zero-order valence-electron chi connectivity index (χ0n) is 13.8. The zero-order chi connectivity index (χ0) is 16.5. The summed E-state index contributed by atoms with van der Waals surface area (Å²) in [5, 5.41) is 2.90. The van der Waals surface area contributed by atoms with Crippen molar-refractivity contribution in [1.29, 1.82) is 0 Å². The van der Waals surface area contributed by atoms with E-state index in [1.165, 1.54) is 5.56 Å². The number of para-hydroxylation sites is 1. The van der Waals surface area contributed by atoms with Crippen LogP contribution in [0.25, 0.3) is 0 Å². The van der Waals surface area contributed by atoms with Crippen LogP contribution in [0.3, 0.4) is 0 Å². The van der Waals surface area contributed by atoms with Gasteiger partial charge in [-0.3, -0.25) is 9.69 Å². The lowest BCUT2D eigenvalue weighted by molar-refractivity contribution is -0.117. The number of nitrogens with zero attached hydrogens (tertiary/aromatic N) is 1. The highest BCUT2D eigenvalue weighted by Crippen LogP contribution is 2.12. The fourth-order valence-electron chi connectivity index (χ4n) is 2.39. The molecule has 2 rings (SSSR count). The fraction of sp³-hybridized carbons (Fsp3) is 0.316. The molecule has 0 aliphatic heterocycles. The highest BCUT2D eigenvalue weighted by atomic mass is 16.5. The highest BCUT2D eigenvalue weighted by molar-refractivity contribution is 5.92. The molecule has 1 amide bonds. The summed E-state index contributed by atoms with van der Waals surface area (Å²) in [6.07, 6.45) is 2.01. The van der Waals surface area contributed by atoms with Crippen LogP contribution in [-0.4, -0.2) is 38.1 Å². The third kappa shape index (κ3) is 6.12. The third-order valence-electron chi connectivity index (χ3n) is 3.64. The minimum Gasteiger partial charge on any atom is -0.497 e. The molecular formula is C19H24N2O2. The molecule has 0 unspecified atom stereocenters. The monoisotopic (exact) mass is 312 g/mol. The topological polar surface area (TPSA) is 41.6 Å². The maximum Gasteiger partial charge on any atom is 0.238 e. The summed E-state index contributed by atoms with van der Waals surface area (Å²) in [7, 11) is 3.64. The van der Waals surface area contributed by atoms with E-state index in [0.29, 0.717) is 6.54 Å². The van der Waals surface area contributed by atoms with E-state index in [1.807, 2.05) is 54.4 Å². The van der Waals surface area contributed by atoms with Crippen molar-refractivity contribution in [2.75, 3.05) is 32.6 Å². The molecule has 0 atom stereocenters. The predicted octanol–water partition coefficient (Wildman–Crippen LogP) is 3.20. The Labute approximate surface area is 138 Å². The number of aryl methyl sites for hydroxylation is 1. The first-order valence-electron chi connectivity index (χ1n) is 7.84. The Morgan fingerprint density at radius 3 is 2.43 bits per heavy atom. The summed E-state index contributed by atoms with van der Waals surface area (Å²) < 4.78 is 5.15. The summed E-state index contributed by atoms with van der Waals surface area (Å²) >= 11 is 0. The first-order valence-corrected chi connectivity index (χ1v) is 7.84. The molecule has 0 aromatic heterocycles. The molecule has 0 aliphatic rings. The van der Waals surface area contributed by atoms with Crippen LogP contribution in [0.1, 0.15) is 12.0 Å². The van der Waals surface area contributed by atoms with E-state index in [-0.39, 0.29) is 5.91 Å². The van der Waals surface area contributed by atoms with Crippen molar-refractivity contribution in [3.05, 3.63) is 60.2 Å². The second-order valence-electron chi connectivity index (χ2n) is 5.60. The summed E-state index contributed by atoms with van der Waals surface area (Å²) in [5.74, 6) is 0.895. The lowest BCUT2D eigenvalue weighted by Crippen LogP contribution is -2.31. The molecule has 122 valence electrons. The number of amides is 1. The number of likely N-dealkylation sites (N-methyl/N-ethyl adjacent to an activating group) is 1. The van der Waals surface area contributed by atoms with E-state index in [0.717, 1.165) is 30.8 Å². The van der Waals surface area contributed by atoms with E-state index in [9.17, 15) is 4.79 Å². The van der Waals surface area contributed by atoms with E-state index in [2.05, 4.69) is 17.4 Å². The second kappa shape index (κ2) is 8.96. The van der Waals surface area contributed by atoms with Gasteiger partial charge in [0.15, 0.2) is 0 Å². The molecular weight excluding hydrogens is 288 g/mol. The van der Waals surface area contributed by atoms with Crippen molar-refractivity contribution in [1.82, 2.24) is 4.90 Å². The number of benzene rings is 2. The summed E-state index contributed by atoms with van der Waals surface area (Å²) in [4.78, 5) is 14.0. The lowest BCUT2D eigenvalue weighted by atomic mass is 10.1. The van der Waals surface area contributed by atoms with Gasteiger partial charge in [0.1, 0.15) is 5.75 Å². The molecule has 0 heterocycles. The van der Waals surface area contributed by atoms with Crippen LogP contribution < -0.4 is 10.1 Å². The van der Waals surface area contributed by atoms with Crippen LogP contribution in [0, 0.1) is 0 Å². The van der Waals surface area contributed by atoms with Gasteiger partial charge in [-0.2, -0.15) is 0 Å². The van der Waals surface area contributed by atoms with Gasteiger partial charge in [0.05, 0.1) is 13.7 Å². The van der Waals surface area contributed by atoms with Crippen molar-refractivity contribution in [2.24, 2.45) is 0 Å². The smallest absolute Gasteiger partial charge is 0.238 e. The van der Waals surface area contributed by atoms with Gasteiger partial charge in [0, 0.05) is 5.69 Å². The minimum absolute atomic E-state index is 0.0168. The molecule has 0 fully saturated rings. The SMILES string of the molecule is COc1ccc(CCCN(C)CC(=O)Nc2ccccc2)cc1. The number of hydrogen-bond acceptors (Lipinski definition) is 3. The Balaban J connectivity index is 1.68. The summed E-state index contributed by atoms with van der Waals surface area (Å²) in [6, 6.07) is 17.7. The summed E-state index contributed by atoms with van der Waals surface area (Å²) in [6.45, 7) is 1.28. The fourth-order valence-corrected chi connectivity index (χ4v) is 2.39. The average Bonchev–Trinajstić information content (AvgIpc) is 2.56. The number of anilines is 1. The highest BCUT2D eigenvalue weighted by Gasteiger charge is 2.06. The molecule has 0 spiro atoms. The normalized spacial score (nSPS) is 10.6. The maximum atomic E-state index is 12.0. The standard InChI is InChI=1S/C19H24N2O2/c1-21(15-19(22)20-17-8-4-3-5-9-17)14-6-7-16-10-12-18(23-2)13-11-16/h3-5,8-13H,6-7,14-15H2,1-2H3,(H,20,22). The van der Waals surface area contributed by atoms with Crippen LogP contribution in [0.5, 0.6) is 5.75 Å². The van der Waals surface area contributed by atoms with Gasteiger partial charge in [-0.05, 0) is 56.3 Å². The average molecular weight is 312 g/mol. The number of ether oxygens (including phenoxy) is 1. The molecule has 0 aliphatic carbocycles. The van der Waals surface area contributed by atoms with Crippen molar-refractivity contribution in [3.8, 4) is 5.75 Å². The van der Waals surface area contributed by atoms with Crippen molar-refractivity contribution in [3.63, 3.8) is 0 Å². The van der Waals surface area contributed by atoms with Crippen LogP contribution in [-0.2, 0) is 11.2 Å². The Morgan fingerprint density at radius 2 is 1.78 bits per heavy atom. The first-order chi connectivity index (χ1) is 11.2. The zero-order valence-corrected chi connectivity index (χ0v) is 13.8. The van der Waals surface area contributed by atoms with Crippen LogP contribution in [0.15, 0.2) is 54.6 Å². The van der Waals surface area contributed by atoms with Crippen LogP contribution in [0.4, 0.5) is 5.69 Å². The van der Waals surface area contributed by atoms with E-state index < -0.39 is 0 Å². The Hall–Kier alpha value is -2.33. The number of rotatable bonds is 8. The number of hydrogen-bond donors (Lipinski definition) is 1. The molecule has 0 saturated heterocycles. The Kier molecular flexibility index (Phi) is 6.63. The molecule has 2 aromatic rings. The van der Waals surface area contributed by atoms with Gasteiger partial charge >= 0.3 is 0 Å². The number of methoxy groups -OCH3 is 1. The second-order valence-corrected chi connectivity index (χ2v) is 5.60. The van der Waals surface area contributed by atoms with Gasteiger partial charge in [-0.25, -0.2) is 0 Å². The Morgan fingerprint density at radius 1 is 1.09 bits per heavy atom. The van der Waals surface area contributed by atoms with Gasteiger partial charge in [0.25, 0.3) is 0 Å². The molecule has 2 aromatic carbocycles. The minimum atomic E-state index is 0.0168. The molecule has 4 heteroatoms. The number of carbonyl (C=O) groups excluding carboxylic acids is 1. The summed E-state index contributed by atoms with van der Waals surface area (Å²) in [5.41, 5.74) is 2.12. The van der Waals surface area contributed by atoms with Crippen molar-refractivity contribution < 1.29 is 9.53 Å². The van der Waals surface area contributed by atoms with E-state index in [1.54, 1.807) is 7.11 Å². The van der Waals surface area contributed by atoms with Gasteiger partial charge in [-0.15, -0.1) is 0 Å². The molecule has 23 heavy (non-hydrogen) atoms. The Bertz CT molecular complexity index is 597. The number of nitrogens with one attached hydrogen (secondary N) is 1. The molecule has 0 bridgehead atoms. The molecule has 4 nitrogen and oxygen atoms in total. The predicted molar refractivity (Wildman–Crippen MR) is 93.9 cm³/mol. The van der Waals surface area contributed by atoms with Gasteiger partial charge in [-0.1, -0.05) is 30.3 Å². The molecule has 1 N–H and O–H groups in total.